The standard InChI is InChI=1S/C22H28N4O/c1-7-17(8-2)22(27)24-20-12-16(6)25-26(20)19-11-14(4)18-10-13(3)9-15(5)21(18)23-19/h9-12,17H,7-8H2,1-6H3,(H,24,27). The molecule has 0 saturated heterocycles. The molecule has 0 aliphatic carbocycles. The molecular weight excluding hydrogens is 336 g/mol. The van der Waals surface area contributed by atoms with E-state index in [0.29, 0.717) is 5.82 Å². The van der Waals surface area contributed by atoms with E-state index in [2.05, 4.69) is 43.3 Å². The predicted octanol–water partition coefficient (Wildman–Crippen LogP) is 5.03. The first kappa shape index (κ1) is 19.1. The van der Waals surface area contributed by atoms with Gasteiger partial charge in [-0.05, 0) is 63.8 Å². The summed E-state index contributed by atoms with van der Waals surface area (Å²) in [5.41, 5.74) is 5.33. The summed E-state index contributed by atoms with van der Waals surface area (Å²) in [4.78, 5) is 17.4. The van der Waals surface area contributed by atoms with E-state index in [1.807, 2.05) is 32.9 Å². The molecule has 5 heteroatoms. The highest BCUT2D eigenvalue weighted by Crippen LogP contribution is 2.26. The third kappa shape index (κ3) is 3.72. The van der Waals surface area contributed by atoms with Crippen LogP contribution in [0.2, 0.25) is 0 Å². The lowest BCUT2D eigenvalue weighted by Crippen LogP contribution is -2.23. The van der Waals surface area contributed by atoms with Crippen molar-refractivity contribution in [1.29, 1.82) is 0 Å². The van der Waals surface area contributed by atoms with E-state index in [1.54, 1.807) is 4.68 Å². The van der Waals surface area contributed by atoms with Gasteiger partial charge in [-0.15, -0.1) is 0 Å². The number of carbonyl (C=O) groups excluding carboxylic acids is 1. The maximum Gasteiger partial charge on any atom is 0.228 e. The van der Waals surface area contributed by atoms with E-state index < -0.39 is 0 Å². The number of carbonyl (C=O) groups is 1. The van der Waals surface area contributed by atoms with Crippen LogP contribution in [-0.2, 0) is 4.79 Å². The Kier molecular flexibility index (Phi) is 5.31. The van der Waals surface area contributed by atoms with E-state index in [-0.39, 0.29) is 11.8 Å². The van der Waals surface area contributed by atoms with Crippen LogP contribution in [0.3, 0.4) is 0 Å². The van der Waals surface area contributed by atoms with Crippen molar-refractivity contribution in [2.24, 2.45) is 5.92 Å². The van der Waals surface area contributed by atoms with Crippen LogP contribution in [0.15, 0.2) is 24.3 Å². The van der Waals surface area contributed by atoms with E-state index >= 15 is 0 Å². The molecule has 0 aliphatic heterocycles. The van der Waals surface area contributed by atoms with E-state index in [0.717, 1.165) is 46.4 Å². The average molecular weight is 364 g/mol. The summed E-state index contributed by atoms with van der Waals surface area (Å²) >= 11 is 0. The van der Waals surface area contributed by atoms with Gasteiger partial charge in [-0.1, -0.05) is 25.5 Å². The van der Waals surface area contributed by atoms with Crippen LogP contribution < -0.4 is 5.32 Å². The summed E-state index contributed by atoms with van der Waals surface area (Å²) in [6.07, 6.45) is 1.64. The second-order valence-electron chi connectivity index (χ2n) is 7.36. The maximum atomic E-state index is 12.6. The van der Waals surface area contributed by atoms with Gasteiger partial charge in [-0.3, -0.25) is 4.79 Å². The van der Waals surface area contributed by atoms with Crippen molar-refractivity contribution in [3.63, 3.8) is 0 Å². The molecule has 1 aromatic carbocycles. The number of hydrogen-bond donors (Lipinski definition) is 1. The minimum atomic E-state index is 0.00479. The number of nitrogens with zero attached hydrogens (tertiary/aromatic N) is 3. The van der Waals surface area contributed by atoms with Gasteiger partial charge in [-0.25, -0.2) is 4.98 Å². The van der Waals surface area contributed by atoms with Crippen molar-refractivity contribution < 1.29 is 4.79 Å². The maximum absolute atomic E-state index is 12.6. The Morgan fingerprint density at radius 1 is 1.04 bits per heavy atom. The van der Waals surface area contributed by atoms with Crippen molar-refractivity contribution in [1.82, 2.24) is 14.8 Å². The molecule has 0 bridgehead atoms. The van der Waals surface area contributed by atoms with Gasteiger partial charge in [0.15, 0.2) is 5.82 Å². The molecule has 5 nitrogen and oxygen atoms in total. The number of benzene rings is 1. The van der Waals surface area contributed by atoms with Crippen LogP contribution in [0.4, 0.5) is 5.82 Å². The van der Waals surface area contributed by atoms with E-state index in [4.69, 9.17) is 4.98 Å². The van der Waals surface area contributed by atoms with Crippen LogP contribution in [0.5, 0.6) is 0 Å². The van der Waals surface area contributed by atoms with Gasteiger partial charge in [0.05, 0.1) is 11.2 Å². The minimum Gasteiger partial charge on any atom is -0.310 e. The highest BCUT2D eigenvalue weighted by atomic mass is 16.2. The molecule has 3 aromatic rings. The first-order valence-corrected chi connectivity index (χ1v) is 9.60. The third-order valence-corrected chi connectivity index (χ3v) is 5.10. The zero-order valence-corrected chi connectivity index (χ0v) is 17.1. The molecule has 0 radical (unpaired) electrons. The summed E-state index contributed by atoms with van der Waals surface area (Å²) in [6, 6.07) is 8.23. The quantitative estimate of drug-likeness (QED) is 0.691. The van der Waals surface area contributed by atoms with Crippen molar-refractivity contribution in [2.75, 3.05) is 5.32 Å². The molecule has 0 saturated carbocycles. The number of aromatic nitrogens is 3. The van der Waals surface area contributed by atoms with Gasteiger partial charge in [0.2, 0.25) is 5.91 Å². The zero-order chi connectivity index (χ0) is 19.7. The largest absolute Gasteiger partial charge is 0.310 e. The molecular formula is C22H28N4O. The lowest BCUT2D eigenvalue weighted by molar-refractivity contribution is -0.120. The molecule has 1 N–H and O–H groups in total. The fourth-order valence-electron chi connectivity index (χ4n) is 3.59. The SMILES string of the molecule is CCC(CC)C(=O)Nc1cc(C)nn1-c1cc(C)c2cc(C)cc(C)c2n1. The van der Waals surface area contributed by atoms with Crippen LogP contribution in [0.25, 0.3) is 16.7 Å². The molecule has 2 aromatic heterocycles. The third-order valence-electron chi connectivity index (χ3n) is 5.10. The number of aryl methyl sites for hydroxylation is 4. The highest BCUT2D eigenvalue weighted by molar-refractivity contribution is 5.92. The number of fused-ring (bicyclic) bond motifs is 1. The van der Waals surface area contributed by atoms with Crippen LogP contribution in [0, 0.1) is 33.6 Å². The van der Waals surface area contributed by atoms with Gasteiger partial charge < -0.3 is 5.32 Å². The summed E-state index contributed by atoms with van der Waals surface area (Å²) in [7, 11) is 0. The number of anilines is 1. The Balaban J connectivity index is 2.08. The summed E-state index contributed by atoms with van der Waals surface area (Å²) in [5, 5.41) is 8.78. The zero-order valence-electron chi connectivity index (χ0n) is 17.1. The van der Waals surface area contributed by atoms with Crippen LogP contribution in [-0.4, -0.2) is 20.7 Å². The first-order valence-electron chi connectivity index (χ1n) is 9.60. The van der Waals surface area contributed by atoms with Gasteiger partial charge in [0.1, 0.15) is 5.82 Å². The minimum absolute atomic E-state index is 0.00479. The number of amides is 1. The van der Waals surface area contributed by atoms with Crippen molar-refractivity contribution >= 4 is 22.6 Å². The predicted molar refractivity (Wildman–Crippen MR) is 111 cm³/mol. The molecule has 142 valence electrons. The van der Waals surface area contributed by atoms with Crippen LogP contribution >= 0.6 is 0 Å². The van der Waals surface area contributed by atoms with Gasteiger partial charge in [-0.2, -0.15) is 9.78 Å². The molecule has 27 heavy (non-hydrogen) atoms. The van der Waals surface area contributed by atoms with E-state index in [1.165, 1.54) is 5.56 Å². The Hall–Kier alpha value is -2.69. The molecule has 0 aliphatic rings. The molecule has 0 fully saturated rings. The number of nitrogens with one attached hydrogen (secondary N) is 1. The van der Waals surface area contributed by atoms with Gasteiger partial charge in [0, 0.05) is 17.4 Å². The topological polar surface area (TPSA) is 59.8 Å². The Morgan fingerprint density at radius 2 is 1.74 bits per heavy atom. The number of hydrogen-bond acceptors (Lipinski definition) is 3. The van der Waals surface area contributed by atoms with Crippen molar-refractivity contribution in [3.05, 3.63) is 46.6 Å². The smallest absolute Gasteiger partial charge is 0.228 e. The molecule has 0 unspecified atom stereocenters. The van der Waals surface area contributed by atoms with Gasteiger partial charge >= 0.3 is 0 Å². The monoisotopic (exact) mass is 364 g/mol. The lowest BCUT2D eigenvalue weighted by Gasteiger charge is -2.15. The molecule has 3 rings (SSSR count). The highest BCUT2D eigenvalue weighted by Gasteiger charge is 2.18. The second kappa shape index (κ2) is 7.51. The number of pyridine rings is 1. The molecule has 2 heterocycles. The summed E-state index contributed by atoms with van der Waals surface area (Å²) < 4.78 is 1.74. The number of rotatable bonds is 5. The summed E-state index contributed by atoms with van der Waals surface area (Å²) in [5.74, 6) is 1.43. The molecule has 1 amide bonds. The van der Waals surface area contributed by atoms with Gasteiger partial charge in [0.25, 0.3) is 0 Å². The average Bonchev–Trinajstić information content (AvgIpc) is 2.97. The fraction of sp³-hybridized carbons (Fsp3) is 0.409. The summed E-state index contributed by atoms with van der Waals surface area (Å²) in [6.45, 7) is 12.3. The van der Waals surface area contributed by atoms with Crippen molar-refractivity contribution in [3.8, 4) is 5.82 Å². The molecule has 0 atom stereocenters. The lowest BCUT2D eigenvalue weighted by atomic mass is 10.0. The Bertz CT molecular complexity index is 999. The van der Waals surface area contributed by atoms with Crippen LogP contribution in [0.1, 0.15) is 49.1 Å². The molecule has 0 spiro atoms. The van der Waals surface area contributed by atoms with Crippen molar-refractivity contribution in [2.45, 2.75) is 54.4 Å². The first-order chi connectivity index (χ1) is 12.8. The fourth-order valence-corrected chi connectivity index (χ4v) is 3.59. The second-order valence-corrected chi connectivity index (χ2v) is 7.36. The normalized spacial score (nSPS) is 11.4. The Labute approximate surface area is 160 Å². The Morgan fingerprint density at radius 3 is 2.41 bits per heavy atom. The van der Waals surface area contributed by atoms with E-state index in [9.17, 15) is 4.79 Å².